The van der Waals surface area contributed by atoms with Crippen molar-refractivity contribution in [2.75, 3.05) is 7.11 Å². The van der Waals surface area contributed by atoms with Gasteiger partial charge in [0, 0.05) is 9.13 Å². The maximum absolute atomic E-state index is 11.9. The SMILES string of the molecule is COC(=O)C[C@H](NC(=O)c1cccc(I)c1)C(=O)O. The third kappa shape index (κ3) is 4.86. The van der Waals surface area contributed by atoms with E-state index in [0.717, 1.165) is 10.7 Å². The van der Waals surface area contributed by atoms with E-state index in [1.807, 2.05) is 22.6 Å². The summed E-state index contributed by atoms with van der Waals surface area (Å²) >= 11 is 2.04. The highest BCUT2D eigenvalue weighted by Gasteiger charge is 2.24. The summed E-state index contributed by atoms with van der Waals surface area (Å²) in [7, 11) is 1.16. The van der Waals surface area contributed by atoms with Gasteiger partial charge < -0.3 is 15.2 Å². The van der Waals surface area contributed by atoms with Crippen molar-refractivity contribution in [2.45, 2.75) is 12.5 Å². The lowest BCUT2D eigenvalue weighted by atomic mass is 10.1. The zero-order valence-corrected chi connectivity index (χ0v) is 12.2. The molecule has 0 aliphatic heterocycles. The predicted molar refractivity (Wildman–Crippen MR) is 74.7 cm³/mol. The van der Waals surface area contributed by atoms with Gasteiger partial charge in [0.15, 0.2) is 0 Å². The highest BCUT2D eigenvalue weighted by atomic mass is 127. The third-order valence-corrected chi connectivity index (χ3v) is 2.96. The Hall–Kier alpha value is -1.64. The van der Waals surface area contributed by atoms with Crippen LogP contribution in [0.4, 0.5) is 0 Å². The number of hydrogen-bond donors (Lipinski definition) is 2. The van der Waals surface area contributed by atoms with Crippen molar-refractivity contribution >= 4 is 40.4 Å². The smallest absolute Gasteiger partial charge is 0.326 e. The molecular formula is C12H12INO5. The number of esters is 1. The van der Waals surface area contributed by atoms with Gasteiger partial charge >= 0.3 is 11.9 Å². The number of benzene rings is 1. The molecule has 1 amide bonds. The van der Waals surface area contributed by atoms with Gasteiger partial charge in [-0.15, -0.1) is 0 Å². The monoisotopic (exact) mass is 377 g/mol. The Kier molecular flexibility index (Phi) is 5.74. The van der Waals surface area contributed by atoms with E-state index in [1.165, 1.54) is 0 Å². The second-order valence-electron chi connectivity index (χ2n) is 3.65. The van der Waals surface area contributed by atoms with Gasteiger partial charge in [-0.3, -0.25) is 9.59 Å². The summed E-state index contributed by atoms with van der Waals surface area (Å²) in [5.41, 5.74) is 0.336. The van der Waals surface area contributed by atoms with Crippen molar-refractivity contribution in [3.05, 3.63) is 33.4 Å². The number of aliphatic carboxylic acids is 1. The minimum atomic E-state index is -1.31. The fourth-order valence-corrected chi connectivity index (χ4v) is 1.86. The Labute approximate surface area is 123 Å². The summed E-state index contributed by atoms with van der Waals surface area (Å²) in [5, 5.41) is 11.2. The number of carbonyl (C=O) groups excluding carboxylic acids is 2. The van der Waals surface area contributed by atoms with Crippen molar-refractivity contribution in [2.24, 2.45) is 0 Å². The topological polar surface area (TPSA) is 92.7 Å². The number of halogens is 1. The Morgan fingerprint density at radius 1 is 1.42 bits per heavy atom. The van der Waals surface area contributed by atoms with E-state index >= 15 is 0 Å². The minimum Gasteiger partial charge on any atom is -0.480 e. The van der Waals surface area contributed by atoms with Crippen molar-refractivity contribution in [3.8, 4) is 0 Å². The van der Waals surface area contributed by atoms with Crippen LogP contribution in [-0.4, -0.2) is 36.1 Å². The zero-order chi connectivity index (χ0) is 14.4. The first kappa shape index (κ1) is 15.4. The predicted octanol–water partition coefficient (Wildman–Crippen LogP) is 1.04. The molecule has 7 heteroatoms. The maximum Gasteiger partial charge on any atom is 0.326 e. The molecule has 0 aliphatic rings. The van der Waals surface area contributed by atoms with Gasteiger partial charge in [0.2, 0.25) is 0 Å². The van der Waals surface area contributed by atoms with Gasteiger partial charge in [-0.2, -0.15) is 0 Å². The number of hydrogen-bond acceptors (Lipinski definition) is 4. The van der Waals surface area contributed by atoms with Crippen LogP contribution in [0.3, 0.4) is 0 Å². The summed E-state index contributed by atoms with van der Waals surface area (Å²) in [6.45, 7) is 0. The lowest BCUT2D eigenvalue weighted by Crippen LogP contribution is -2.42. The zero-order valence-electron chi connectivity index (χ0n) is 10.1. The molecule has 0 spiro atoms. The van der Waals surface area contributed by atoms with Crippen LogP contribution in [0, 0.1) is 3.57 Å². The number of carboxylic acid groups (broad SMARTS) is 1. The van der Waals surface area contributed by atoms with Crippen LogP contribution in [0.2, 0.25) is 0 Å². The lowest BCUT2D eigenvalue weighted by molar-refractivity contribution is -0.147. The molecule has 19 heavy (non-hydrogen) atoms. The summed E-state index contributed by atoms with van der Waals surface area (Å²) < 4.78 is 5.23. The van der Waals surface area contributed by atoms with Crippen LogP contribution in [0.5, 0.6) is 0 Å². The van der Waals surface area contributed by atoms with Gasteiger partial charge in [-0.1, -0.05) is 6.07 Å². The number of ether oxygens (including phenoxy) is 1. The molecule has 102 valence electrons. The molecule has 0 heterocycles. The van der Waals surface area contributed by atoms with Gasteiger partial charge in [0.1, 0.15) is 6.04 Å². The molecule has 1 aromatic rings. The minimum absolute atomic E-state index is 0.336. The van der Waals surface area contributed by atoms with E-state index in [-0.39, 0.29) is 0 Å². The van der Waals surface area contributed by atoms with Crippen molar-refractivity contribution in [1.82, 2.24) is 5.32 Å². The molecule has 1 aromatic carbocycles. The van der Waals surface area contributed by atoms with Gasteiger partial charge in [-0.05, 0) is 40.8 Å². The first-order chi connectivity index (χ1) is 8.93. The van der Waals surface area contributed by atoms with Crippen LogP contribution < -0.4 is 5.32 Å². The second-order valence-corrected chi connectivity index (χ2v) is 4.90. The molecular weight excluding hydrogens is 365 g/mol. The Morgan fingerprint density at radius 3 is 2.63 bits per heavy atom. The third-order valence-electron chi connectivity index (χ3n) is 2.29. The molecule has 1 rings (SSSR count). The Balaban J connectivity index is 2.77. The number of nitrogens with one attached hydrogen (secondary N) is 1. The molecule has 0 aromatic heterocycles. The van der Waals surface area contributed by atoms with Crippen LogP contribution in [0.1, 0.15) is 16.8 Å². The first-order valence-electron chi connectivity index (χ1n) is 5.30. The maximum atomic E-state index is 11.9. The molecule has 0 unspecified atom stereocenters. The van der Waals surface area contributed by atoms with Crippen LogP contribution >= 0.6 is 22.6 Å². The van der Waals surface area contributed by atoms with Crippen molar-refractivity contribution < 1.29 is 24.2 Å². The number of amides is 1. The van der Waals surface area contributed by atoms with Crippen LogP contribution in [-0.2, 0) is 14.3 Å². The van der Waals surface area contributed by atoms with Gasteiger partial charge in [-0.25, -0.2) is 4.79 Å². The fourth-order valence-electron chi connectivity index (χ4n) is 1.32. The molecule has 0 saturated heterocycles. The van der Waals surface area contributed by atoms with E-state index in [1.54, 1.807) is 24.3 Å². The lowest BCUT2D eigenvalue weighted by Gasteiger charge is -2.13. The van der Waals surface area contributed by atoms with Gasteiger partial charge in [0.25, 0.3) is 5.91 Å². The summed E-state index contributed by atoms with van der Waals surface area (Å²) in [6.07, 6.45) is -0.415. The molecule has 6 nitrogen and oxygen atoms in total. The summed E-state index contributed by atoms with van der Waals surface area (Å²) in [4.78, 5) is 33.9. The summed E-state index contributed by atoms with van der Waals surface area (Å²) in [6, 6.07) is 5.37. The number of carbonyl (C=O) groups is 3. The molecule has 0 bridgehead atoms. The normalized spacial score (nSPS) is 11.5. The molecule has 1 atom stereocenters. The fraction of sp³-hybridized carbons (Fsp3) is 0.250. The van der Waals surface area contributed by atoms with Gasteiger partial charge in [0.05, 0.1) is 13.5 Å². The van der Waals surface area contributed by atoms with Crippen LogP contribution in [0.15, 0.2) is 24.3 Å². The second kappa shape index (κ2) is 7.07. The Bertz CT molecular complexity index is 503. The average Bonchev–Trinajstić information content (AvgIpc) is 2.37. The number of rotatable bonds is 5. The van der Waals surface area contributed by atoms with E-state index in [0.29, 0.717) is 5.56 Å². The van der Waals surface area contributed by atoms with E-state index < -0.39 is 30.3 Å². The molecule has 0 aliphatic carbocycles. The molecule has 2 N–H and O–H groups in total. The highest BCUT2D eigenvalue weighted by molar-refractivity contribution is 14.1. The van der Waals surface area contributed by atoms with E-state index in [9.17, 15) is 14.4 Å². The van der Waals surface area contributed by atoms with Crippen molar-refractivity contribution in [1.29, 1.82) is 0 Å². The number of carboxylic acids is 1. The quantitative estimate of drug-likeness (QED) is 0.591. The van der Waals surface area contributed by atoms with E-state index in [2.05, 4.69) is 10.1 Å². The average molecular weight is 377 g/mol. The summed E-state index contributed by atoms with van der Waals surface area (Å²) in [5.74, 6) is -2.53. The molecule has 0 saturated carbocycles. The standard InChI is InChI=1S/C12H12INO5/c1-19-10(15)6-9(12(17)18)14-11(16)7-3-2-4-8(13)5-7/h2-5,9H,6H2,1H3,(H,14,16)(H,17,18)/t9-/m0/s1. The molecule has 0 fully saturated rings. The Morgan fingerprint density at radius 2 is 2.11 bits per heavy atom. The van der Waals surface area contributed by atoms with E-state index in [4.69, 9.17) is 5.11 Å². The van der Waals surface area contributed by atoms with Crippen LogP contribution in [0.25, 0.3) is 0 Å². The molecule has 0 radical (unpaired) electrons. The first-order valence-corrected chi connectivity index (χ1v) is 6.38. The van der Waals surface area contributed by atoms with Crippen molar-refractivity contribution in [3.63, 3.8) is 0 Å². The largest absolute Gasteiger partial charge is 0.480 e. The number of methoxy groups -OCH3 is 1. The highest BCUT2D eigenvalue weighted by Crippen LogP contribution is 2.08.